The van der Waals surface area contributed by atoms with Gasteiger partial charge in [0, 0.05) is 0 Å². The van der Waals surface area contributed by atoms with Gasteiger partial charge in [0.25, 0.3) is 0 Å². The van der Waals surface area contributed by atoms with Gasteiger partial charge in [-0.15, -0.1) is 24.8 Å². The summed E-state index contributed by atoms with van der Waals surface area (Å²) in [5.74, 6) is 0.0967. The Balaban J connectivity index is 0.00000312. The monoisotopic (exact) mass is 1000 g/mol. The second-order valence-electron chi connectivity index (χ2n) is 20.3. The zero-order valence-electron chi connectivity index (χ0n) is 40.2. The van der Waals surface area contributed by atoms with Crippen LogP contribution in [-0.4, -0.2) is 3.21 Å². The molecule has 3 heteroatoms. The van der Waals surface area contributed by atoms with Crippen LogP contribution in [0.2, 0.25) is 0 Å². The third-order valence-electron chi connectivity index (χ3n) is 13.9. The number of allylic oxidation sites excluding steroid dienone is 4. The van der Waals surface area contributed by atoms with E-state index in [0.717, 1.165) is 12.8 Å². The quantitative estimate of drug-likeness (QED) is 0.128. The van der Waals surface area contributed by atoms with Gasteiger partial charge in [-0.25, -0.2) is 0 Å². The fourth-order valence-corrected chi connectivity index (χ4v) is 20.4. The first kappa shape index (κ1) is 49.0. The van der Waals surface area contributed by atoms with Crippen LogP contribution in [-0.2, 0) is 38.5 Å². The fourth-order valence-electron chi connectivity index (χ4n) is 10.9. The van der Waals surface area contributed by atoms with Crippen molar-refractivity contribution in [3.05, 3.63) is 266 Å². The second kappa shape index (κ2) is 20.7. The Labute approximate surface area is 425 Å². The molecule has 0 saturated carbocycles. The van der Waals surface area contributed by atoms with Gasteiger partial charge in [0.1, 0.15) is 0 Å². The normalized spacial score (nSPS) is 12.8. The molecule has 8 aromatic rings. The molecule has 0 bridgehead atoms. The Morgan fingerprint density at radius 2 is 0.868 bits per heavy atom. The first-order valence-corrected chi connectivity index (χ1v) is 27.5. The van der Waals surface area contributed by atoms with Crippen molar-refractivity contribution < 1.29 is 21.3 Å². The van der Waals surface area contributed by atoms with Gasteiger partial charge in [0.05, 0.1) is 0 Å². The predicted octanol–water partition coefficient (Wildman–Crippen LogP) is 17.0. The molecule has 0 unspecified atom stereocenters. The van der Waals surface area contributed by atoms with Crippen LogP contribution in [0, 0.1) is 0 Å². The molecule has 8 aromatic carbocycles. The molecule has 2 aliphatic carbocycles. The van der Waals surface area contributed by atoms with E-state index in [1.165, 1.54) is 72.3 Å². The van der Waals surface area contributed by atoms with Crippen molar-refractivity contribution >= 4 is 31.3 Å². The molecule has 0 spiro atoms. The fraction of sp³-hybridized carbons (Fsp3) is 0.185. The Hall–Kier alpha value is -5.43. The number of hydrogen-bond donors (Lipinski definition) is 0. The third kappa shape index (κ3) is 9.61. The first-order valence-electron chi connectivity index (χ1n) is 23.9. The standard InChI is InChI=1S/C33H33.C27H22.C5H5.2ClH.Zr/c1-32(2,3)30-20-26-24(18-28(30)22-13-9-7-10-14-22)17-25-19-29(23-15-11-8-12-16-23)31(21-27(25)26)33(4,5)6;1-5-13-22(14-6-1)26(23-15-7-2-8-16-23)21-27(24-17-9-3-10-18-24)25-19-11-4-12-20-25;1-2-4-5-3-1;;;/h7-16,18,20-21H,17H2,1-6H3;1-20,26-27H;1-3H,4H2;2*1H;. The number of halogens is 2. The van der Waals surface area contributed by atoms with Crippen LogP contribution in [0.5, 0.6) is 0 Å². The van der Waals surface area contributed by atoms with Crippen molar-refractivity contribution in [2.75, 3.05) is 0 Å². The molecule has 2 aliphatic rings. The van der Waals surface area contributed by atoms with Crippen molar-refractivity contribution in [3.8, 4) is 33.4 Å². The van der Waals surface area contributed by atoms with Crippen molar-refractivity contribution in [1.29, 1.82) is 0 Å². The van der Waals surface area contributed by atoms with E-state index >= 15 is 0 Å². The molecule has 10 rings (SSSR count). The molecule has 0 saturated heterocycles. The number of fused-ring (bicyclic) bond motifs is 3. The molecule has 0 aliphatic heterocycles. The van der Waals surface area contributed by atoms with E-state index in [1.54, 1.807) is 15.3 Å². The molecule has 0 fully saturated rings. The number of benzene rings is 8. The van der Waals surface area contributed by atoms with Gasteiger partial charge in [0.2, 0.25) is 0 Å². The van der Waals surface area contributed by atoms with Crippen LogP contribution < -0.4 is 3.27 Å². The Bertz CT molecular complexity index is 2940. The zero-order valence-corrected chi connectivity index (χ0v) is 44.3. The average molecular weight is 1010 g/mol. The van der Waals surface area contributed by atoms with Crippen molar-refractivity contribution in [2.45, 2.75) is 77.0 Å². The van der Waals surface area contributed by atoms with Crippen molar-refractivity contribution in [3.63, 3.8) is 0 Å². The van der Waals surface area contributed by atoms with Gasteiger partial charge in [-0.1, -0.05) is 0 Å². The van der Waals surface area contributed by atoms with Crippen LogP contribution in [0.15, 0.2) is 222 Å². The van der Waals surface area contributed by atoms with Crippen LogP contribution in [0.25, 0.3) is 33.4 Å². The van der Waals surface area contributed by atoms with Crippen molar-refractivity contribution in [2.24, 2.45) is 0 Å². The van der Waals surface area contributed by atoms with Gasteiger partial charge in [-0.2, -0.15) is 0 Å². The molecule has 0 amide bonds. The van der Waals surface area contributed by atoms with Crippen LogP contribution >= 0.6 is 24.8 Å². The number of rotatable bonds is 10. The molecule has 0 atom stereocenters. The van der Waals surface area contributed by atoms with Crippen LogP contribution in [0.3, 0.4) is 0 Å². The summed E-state index contributed by atoms with van der Waals surface area (Å²) in [6.07, 6.45) is 9.23. The molecule has 0 aromatic heterocycles. The van der Waals surface area contributed by atoms with E-state index in [1.807, 2.05) is 0 Å². The summed E-state index contributed by atoms with van der Waals surface area (Å²) in [6.45, 7) is 14.5. The van der Waals surface area contributed by atoms with E-state index < -0.39 is 21.3 Å². The minimum atomic E-state index is -3.43. The minimum absolute atomic E-state index is 0. The SMILES string of the molecule is CC(C)(C)c1cc2c(cc1-c1ccccc1)Cc1c-2cc(C(C)(C)C)c(-c2ccccc2)[c]1[Zr]([C]1=CC=CC1)=[C](C(c1ccccc1)c1ccccc1)C(c1ccccc1)c1ccccc1.Cl.Cl. The Morgan fingerprint density at radius 3 is 1.28 bits per heavy atom. The molecular weight excluding hydrogens is 943 g/mol. The zero-order chi connectivity index (χ0) is 45.4. The van der Waals surface area contributed by atoms with E-state index in [0.29, 0.717) is 0 Å². The Morgan fingerprint density at radius 1 is 0.456 bits per heavy atom. The van der Waals surface area contributed by atoms with Crippen molar-refractivity contribution in [1.82, 2.24) is 0 Å². The third-order valence-corrected chi connectivity index (χ3v) is 21.8. The van der Waals surface area contributed by atoms with Gasteiger partial charge < -0.3 is 0 Å². The second-order valence-corrected chi connectivity index (χ2v) is 26.4. The van der Waals surface area contributed by atoms with Crippen LogP contribution in [0.4, 0.5) is 0 Å². The summed E-state index contributed by atoms with van der Waals surface area (Å²) in [4.78, 5) is 0. The summed E-state index contributed by atoms with van der Waals surface area (Å²) in [5, 5.41) is 0. The smallest absolute Gasteiger partial charge is 0.147 e. The predicted molar refractivity (Wildman–Crippen MR) is 293 cm³/mol. The van der Waals surface area contributed by atoms with Crippen LogP contribution in [0.1, 0.15) is 104 Å². The van der Waals surface area contributed by atoms with Gasteiger partial charge in [-0.3, -0.25) is 0 Å². The molecule has 0 radical (unpaired) electrons. The molecular formula is C65H62Cl2Zr. The topological polar surface area (TPSA) is 0 Å². The summed E-state index contributed by atoms with van der Waals surface area (Å²) in [5.41, 5.74) is 19.3. The number of hydrogen-bond acceptors (Lipinski definition) is 0. The van der Waals surface area contributed by atoms with E-state index in [2.05, 4.69) is 260 Å². The van der Waals surface area contributed by atoms with Gasteiger partial charge >= 0.3 is 404 Å². The summed E-state index contributed by atoms with van der Waals surface area (Å²) < 4.78 is 4.98. The summed E-state index contributed by atoms with van der Waals surface area (Å²) in [6, 6.07) is 76.3. The van der Waals surface area contributed by atoms with E-state index in [4.69, 9.17) is 0 Å². The minimum Gasteiger partial charge on any atom is -0.147 e. The molecule has 0 N–H and O–H groups in total. The molecule has 68 heavy (non-hydrogen) atoms. The molecule has 0 nitrogen and oxygen atoms in total. The Kier molecular flexibility index (Phi) is 14.9. The van der Waals surface area contributed by atoms with E-state index in [9.17, 15) is 0 Å². The maximum atomic E-state index is 2.64. The summed E-state index contributed by atoms with van der Waals surface area (Å²) in [7, 11) is 0. The maximum absolute atomic E-state index is 3.43. The summed E-state index contributed by atoms with van der Waals surface area (Å²) >= 11 is -3.43. The maximum Gasteiger partial charge on any atom is -0.147 e. The van der Waals surface area contributed by atoms with E-state index in [-0.39, 0.29) is 47.5 Å². The van der Waals surface area contributed by atoms with Gasteiger partial charge in [-0.05, 0) is 0 Å². The molecule has 340 valence electrons. The largest absolute Gasteiger partial charge is 0.147 e. The first-order chi connectivity index (χ1) is 32.1. The van der Waals surface area contributed by atoms with Gasteiger partial charge in [0.15, 0.2) is 0 Å². The average Bonchev–Trinajstić information content (AvgIpc) is 4.01. The molecule has 0 heterocycles.